The van der Waals surface area contributed by atoms with Gasteiger partial charge in [0.1, 0.15) is 11.4 Å². The first kappa shape index (κ1) is 19.2. The van der Waals surface area contributed by atoms with Crippen LogP contribution in [0.3, 0.4) is 0 Å². The zero-order valence-corrected chi connectivity index (χ0v) is 16.6. The Kier molecular flexibility index (Phi) is 5.90. The quantitative estimate of drug-likeness (QED) is 0.693. The molecule has 0 atom stereocenters. The fourth-order valence-electron chi connectivity index (χ4n) is 3.61. The van der Waals surface area contributed by atoms with E-state index in [2.05, 4.69) is 20.2 Å². The van der Waals surface area contributed by atoms with E-state index in [1.807, 2.05) is 52.2 Å². The average molecular weight is 394 g/mol. The monoisotopic (exact) mass is 394 g/mol. The van der Waals surface area contributed by atoms with Crippen LogP contribution in [-0.2, 0) is 6.54 Å². The molecule has 3 aromatic rings. The van der Waals surface area contributed by atoms with Crippen LogP contribution in [0.1, 0.15) is 16.9 Å². The van der Waals surface area contributed by atoms with Crippen molar-refractivity contribution in [1.82, 2.24) is 29.8 Å². The molecule has 1 aliphatic heterocycles. The number of carbonyl (C=O) groups is 1. The van der Waals surface area contributed by atoms with Gasteiger partial charge in [0.2, 0.25) is 0 Å². The Hall–Kier alpha value is -3.13. The summed E-state index contributed by atoms with van der Waals surface area (Å²) in [6, 6.07) is 11.4. The van der Waals surface area contributed by atoms with Crippen molar-refractivity contribution in [3.05, 3.63) is 54.5 Å². The van der Waals surface area contributed by atoms with Crippen LogP contribution in [0, 0.1) is 0 Å². The van der Waals surface area contributed by atoms with E-state index >= 15 is 0 Å². The first-order chi connectivity index (χ1) is 14.2. The van der Waals surface area contributed by atoms with E-state index in [-0.39, 0.29) is 5.91 Å². The summed E-state index contributed by atoms with van der Waals surface area (Å²) in [6.45, 7) is 5.13. The molecule has 0 bridgehead atoms. The summed E-state index contributed by atoms with van der Waals surface area (Å²) >= 11 is 0. The van der Waals surface area contributed by atoms with Gasteiger partial charge in [0.05, 0.1) is 19.3 Å². The molecule has 1 aliphatic rings. The standard InChI is InChI=1S/C21H26N6O2/c1-29-18-6-2-5-17(15-18)19-16-20(24-23-19)21(28)26-9-4-8-25(11-13-26)12-14-27-10-3-7-22-27/h2-3,5-7,10,15-16H,4,8-9,11-14H2,1H3,(H,23,24). The third-order valence-corrected chi connectivity index (χ3v) is 5.25. The maximum atomic E-state index is 13.0. The Balaban J connectivity index is 1.36. The molecule has 8 nitrogen and oxygen atoms in total. The number of aromatic nitrogens is 4. The molecule has 8 heteroatoms. The van der Waals surface area contributed by atoms with Gasteiger partial charge >= 0.3 is 0 Å². The van der Waals surface area contributed by atoms with E-state index in [0.717, 1.165) is 56.2 Å². The Morgan fingerprint density at radius 2 is 2.07 bits per heavy atom. The summed E-state index contributed by atoms with van der Waals surface area (Å²) < 4.78 is 7.21. The fourth-order valence-corrected chi connectivity index (χ4v) is 3.61. The van der Waals surface area contributed by atoms with Crippen LogP contribution >= 0.6 is 0 Å². The minimum atomic E-state index is 0.000530. The summed E-state index contributed by atoms with van der Waals surface area (Å²) in [7, 11) is 1.64. The van der Waals surface area contributed by atoms with Crippen molar-refractivity contribution in [1.29, 1.82) is 0 Å². The van der Waals surface area contributed by atoms with E-state index < -0.39 is 0 Å². The first-order valence-electron chi connectivity index (χ1n) is 9.92. The van der Waals surface area contributed by atoms with Gasteiger partial charge in [0, 0.05) is 44.1 Å². The first-order valence-corrected chi connectivity index (χ1v) is 9.92. The number of nitrogens with one attached hydrogen (secondary N) is 1. The van der Waals surface area contributed by atoms with E-state index in [1.54, 1.807) is 13.3 Å². The fraction of sp³-hybridized carbons (Fsp3) is 0.381. The molecule has 1 aromatic carbocycles. The van der Waals surface area contributed by atoms with Crippen LogP contribution in [-0.4, -0.2) is 75.5 Å². The lowest BCUT2D eigenvalue weighted by atomic mass is 10.1. The maximum Gasteiger partial charge on any atom is 0.271 e. The molecular formula is C21H26N6O2. The van der Waals surface area contributed by atoms with Crippen molar-refractivity contribution in [3.63, 3.8) is 0 Å². The normalized spacial score (nSPS) is 15.3. The SMILES string of the molecule is COc1cccc(-c2cc(C(=O)N3CCCN(CCn4cccn4)CC3)[nH]n2)c1. The topological polar surface area (TPSA) is 79.3 Å². The Labute approximate surface area is 170 Å². The average Bonchev–Trinajstić information content (AvgIpc) is 3.40. The van der Waals surface area contributed by atoms with E-state index in [1.165, 1.54) is 0 Å². The predicted octanol–water partition coefficient (Wildman–Crippen LogP) is 2.13. The van der Waals surface area contributed by atoms with E-state index in [9.17, 15) is 4.79 Å². The molecule has 0 spiro atoms. The van der Waals surface area contributed by atoms with Gasteiger partial charge < -0.3 is 9.64 Å². The molecule has 1 saturated heterocycles. The van der Waals surface area contributed by atoms with Gasteiger partial charge in [-0.3, -0.25) is 19.5 Å². The van der Waals surface area contributed by atoms with Crippen LogP contribution in [0.15, 0.2) is 48.8 Å². The number of methoxy groups -OCH3 is 1. The molecular weight excluding hydrogens is 368 g/mol. The van der Waals surface area contributed by atoms with Crippen LogP contribution in [0.5, 0.6) is 5.75 Å². The summed E-state index contributed by atoms with van der Waals surface area (Å²) in [5.41, 5.74) is 2.18. The second-order valence-electron chi connectivity index (χ2n) is 7.16. The molecule has 2 aromatic heterocycles. The molecule has 152 valence electrons. The summed E-state index contributed by atoms with van der Waals surface area (Å²) in [4.78, 5) is 17.3. The number of hydrogen-bond donors (Lipinski definition) is 1. The highest BCUT2D eigenvalue weighted by Crippen LogP contribution is 2.23. The van der Waals surface area contributed by atoms with Crippen molar-refractivity contribution >= 4 is 5.91 Å². The van der Waals surface area contributed by atoms with Crippen molar-refractivity contribution in [2.75, 3.05) is 39.8 Å². The molecule has 3 heterocycles. The van der Waals surface area contributed by atoms with Gasteiger partial charge in [0.15, 0.2) is 0 Å². The highest BCUT2D eigenvalue weighted by atomic mass is 16.5. The highest BCUT2D eigenvalue weighted by Gasteiger charge is 2.22. The molecule has 0 radical (unpaired) electrons. The smallest absolute Gasteiger partial charge is 0.271 e. The van der Waals surface area contributed by atoms with E-state index in [0.29, 0.717) is 12.2 Å². The largest absolute Gasteiger partial charge is 0.497 e. The molecule has 1 fully saturated rings. The number of benzene rings is 1. The van der Waals surface area contributed by atoms with Crippen molar-refractivity contribution in [2.45, 2.75) is 13.0 Å². The molecule has 0 saturated carbocycles. The molecule has 1 amide bonds. The molecule has 4 rings (SSSR count). The van der Waals surface area contributed by atoms with Crippen LogP contribution < -0.4 is 4.74 Å². The summed E-state index contributed by atoms with van der Waals surface area (Å²) in [5, 5.41) is 11.5. The number of amides is 1. The molecule has 0 aliphatic carbocycles. The van der Waals surface area contributed by atoms with Gasteiger partial charge in [-0.1, -0.05) is 12.1 Å². The number of rotatable bonds is 6. The Morgan fingerprint density at radius 3 is 2.90 bits per heavy atom. The second kappa shape index (κ2) is 8.91. The lowest BCUT2D eigenvalue weighted by Gasteiger charge is -2.21. The number of hydrogen-bond acceptors (Lipinski definition) is 5. The second-order valence-corrected chi connectivity index (χ2v) is 7.16. The number of aromatic amines is 1. The maximum absolute atomic E-state index is 13.0. The lowest BCUT2D eigenvalue weighted by Crippen LogP contribution is -2.36. The summed E-state index contributed by atoms with van der Waals surface area (Å²) in [5.74, 6) is 0.765. The summed E-state index contributed by atoms with van der Waals surface area (Å²) in [6.07, 6.45) is 4.74. The number of nitrogens with zero attached hydrogens (tertiary/aromatic N) is 5. The number of ether oxygens (including phenoxy) is 1. The minimum Gasteiger partial charge on any atom is -0.497 e. The van der Waals surface area contributed by atoms with Crippen LogP contribution in [0.2, 0.25) is 0 Å². The third kappa shape index (κ3) is 4.65. The van der Waals surface area contributed by atoms with Crippen LogP contribution in [0.25, 0.3) is 11.3 Å². The zero-order chi connectivity index (χ0) is 20.1. The third-order valence-electron chi connectivity index (χ3n) is 5.25. The van der Waals surface area contributed by atoms with Gasteiger partial charge in [-0.2, -0.15) is 10.2 Å². The van der Waals surface area contributed by atoms with Gasteiger partial charge in [-0.15, -0.1) is 0 Å². The highest BCUT2D eigenvalue weighted by molar-refractivity contribution is 5.93. The zero-order valence-electron chi connectivity index (χ0n) is 16.6. The Morgan fingerprint density at radius 1 is 1.14 bits per heavy atom. The molecule has 1 N–H and O–H groups in total. The van der Waals surface area contributed by atoms with Crippen LogP contribution in [0.4, 0.5) is 0 Å². The predicted molar refractivity (Wildman–Crippen MR) is 110 cm³/mol. The van der Waals surface area contributed by atoms with Gasteiger partial charge in [-0.25, -0.2) is 0 Å². The number of H-pyrrole nitrogens is 1. The van der Waals surface area contributed by atoms with Crippen molar-refractivity contribution in [3.8, 4) is 17.0 Å². The van der Waals surface area contributed by atoms with Crippen molar-refractivity contribution in [2.24, 2.45) is 0 Å². The van der Waals surface area contributed by atoms with Gasteiger partial charge in [0.25, 0.3) is 5.91 Å². The molecule has 0 unspecified atom stereocenters. The van der Waals surface area contributed by atoms with Crippen molar-refractivity contribution < 1.29 is 9.53 Å². The van der Waals surface area contributed by atoms with Gasteiger partial charge in [-0.05, 0) is 37.2 Å². The Bertz CT molecular complexity index is 936. The van der Waals surface area contributed by atoms with E-state index in [4.69, 9.17) is 4.74 Å². The number of carbonyl (C=O) groups excluding carboxylic acids is 1. The molecule has 29 heavy (non-hydrogen) atoms. The lowest BCUT2D eigenvalue weighted by molar-refractivity contribution is 0.0755. The minimum absolute atomic E-state index is 0.000530.